The van der Waals surface area contributed by atoms with E-state index in [9.17, 15) is 22.4 Å². The summed E-state index contributed by atoms with van der Waals surface area (Å²) in [6.45, 7) is 0.130. The smallest absolute Gasteiger partial charge is 0.367 e. The van der Waals surface area contributed by atoms with Crippen molar-refractivity contribution < 1.29 is 26.7 Å². The van der Waals surface area contributed by atoms with Crippen LogP contribution in [0.15, 0.2) is 60.9 Å². The van der Waals surface area contributed by atoms with Crippen molar-refractivity contribution in [1.82, 2.24) is 14.9 Å². The van der Waals surface area contributed by atoms with Gasteiger partial charge >= 0.3 is 6.18 Å². The number of nitrogens with one attached hydrogen (secondary N) is 1. The molecule has 3 aromatic carbocycles. The van der Waals surface area contributed by atoms with E-state index in [1.165, 1.54) is 17.3 Å². The zero-order chi connectivity index (χ0) is 27.3. The molecule has 1 heterocycles. The maximum Gasteiger partial charge on any atom is 0.416 e. The zero-order valence-corrected chi connectivity index (χ0v) is 20.6. The summed E-state index contributed by atoms with van der Waals surface area (Å²) in [5.41, 5.74) is 0.703. The Bertz CT molecular complexity index is 1580. The number of amides is 1. The van der Waals surface area contributed by atoms with Crippen LogP contribution in [0.2, 0.25) is 0 Å². The summed E-state index contributed by atoms with van der Waals surface area (Å²) in [4.78, 5) is 23.1. The van der Waals surface area contributed by atoms with Gasteiger partial charge in [-0.15, -0.1) is 0 Å². The number of anilines is 1. The molecule has 0 bridgehead atoms. The van der Waals surface area contributed by atoms with E-state index in [2.05, 4.69) is 15.3 Å². The Balaban J connectivity index is 1.29. The Morgan fingerprint density at radius 3 is 2.41 bits per heavy atom. The molecule has 2 aliphatic carbocycles. The molecule has 2 fully saturated rings. The SMILES string of the molecule is O=C(c1ccc(C(F)(F)F)cc1F)N(Cc1cccc(-c2cc(F)c3ncnc(NC4CC4)c3c2)c1)C1CC1. The first-order valence-electron chi connectivity index (χ1n) is 12.7. The molecule has 39 heavy (non-hydrogen) atoms. The Labute approximate surface area is 220 Å². The third kappa shape index (κ3) is 5.28. The molecule has 10 heteroatoms. The fourth-order valence-electron chi connectivity index (χ4n) is 4.65. The van der Waals surface area contributed by atoms with E-state index in [4.69, 9.17) is 0 Å². The van der Waals surface area contributed by atoms with Crippen LogP contribution in [0.25, 0.3) is 22.0 Å². The van der Waals surface area contributed by atoms with Crippen molar-refractivity contribution in [2.24, 2.45) is 0 Å². The van der Waals surface area contributed by atoms with Crippen molar-refractivity contribution in [2.75, 3.05) is 5.32 Å². The number of hydrogen-bond acceptors (Lipinski definition) is 4. The van der Waals surface area contributed by atoms with Crippen molar-refractivity contribution in [1.29, 1.82) is 0 Å². The van der Waals surface area contributed by atoms with Gasteiger partial charge < -0.3 is 10.2 Å². The topological polar surface area (TPSA) is 58.1 Å². The average molecular weight is 539 g/mol. The Morgan fingerprint density at radius 2 is 1.72 bits per heavy atom. The van der Waals surface area contributed by atoms with E-state index in [0.29, 0.717) is 40.5 Å². The number of nitrogens with zero attached hydrogens (tertiary/aromatic N) is 3. The molecule has 200 valence electrons. The molecular weight excluding hydrogens is 515 g/mol. The second kappa shape index (κ2) is 9.59. The van der Waals surface area contributed by atoms with Crippen LogP contribution in [0.4, 0.5) is 27.8 Å². The van der Waals surface area contributed by atoms with Crippen molar-refractivity contribution in [2.45, 2.75) is 50.5 Å². The molecule has 0 radical (unpaired) electrons. The van der Waals surface area contributed by atoms with E-state index in [0.717, 1.165) is 37.3 Å². The van der Waals surface area contributed by atoms with Gasteiger partial charge in [-0.25, -0.2) is 18.7 Å². The van der Waals surface area contributed by atoms with Gasteiger partial charge in [-0.1, -0.05) is 18.2 Å². The number of carbonyl (C=O) groups excluding carboxylic acids is 1. The second-order valence-corrected chi connectivity index (χ2v) is 10.1. The number of aromatic nitrogens is 2. The molecule has 0 spiro atoms. The average Bonchev–Trinajstić information content (AvgIpc) is 3.83. The first-order chi connectivity index (χ1) is 18.7. The molecular formula is C29H23F5N4O. The highest BCUT2D eigenvalue weighted by atomic mass is 19.4. The first-order valence-corrected chi connectivity index (χ1v) is 12.7. The summed E-state index contributed by atoms with van der Waals surface area (Å²) < 4.78 is 68.5. The van der Waals surface area contributed by atoms with Crippen molar-refractivity contribution in [3.63, 3.8) is 0 Å². The highest BCUT2D eigenvalue weighted by molar-refractivity contribution is 5.95. The summed E-state index contributed by atoms with van der Waals surface area (Å²) in [5, 5.41) is 3.88. The normalized spacial score (nSPS) is 15.4. The maximum atomic E-state index is 15.0. The largest absolute Gasteiger partial charge is 0.416 e. The second-order valence-electron chi connectivity index (χ2n) is 10.1. The Kier molecular flexibility index (Phi) is 6.20. The predicted molar refractivity (Wildman–Crippen MR) is 136 cm³/mol. The minimum Gasteiger partial charge on any atom is -0.367 e. The fraction of sp³-hybridized carbons (Fsp3) is 0.276. The standard InChI is InChI=1S/C29H23F5N4O/c30-24-13-19(29(32,33)34)4-9-22(24)28(39)38(21-7-8-21)14-16-2-1-3-17(10-16)18-11-23-26(25(31)12-18)35-15-36-27(23)37-20-5-6-20/h1-4,9-13,15,20-21H,5-8,14H2,(H,35,36,37). The molecule has 0 unspecified atom stereocenters. The molecule has 0 saturated heterocycles. The molecule has 1 aromatic heterocycles. The van der Waals surface area contributed by atoms with Crippen molar-refractivity contribution >= 4 is 22.6 Å². The predicted octanol–water partition coefficient (Wildman–Crippen LogP) is 6.97. The number of alkyl halides is 3. The molecule has 2 aliphatic rings. The number of fused-ring (bicyclic) bond motifs is 1. The maximum absolute atomic E-state index is 15.0. The molecule has 6 rings (SSSR count). The third-order valence-electron chi connectivity index (χ3n) is 7.00. The molecule has 0 aliphatic heterocycles. The molecule has 1 N–H and O–H groups in total. The van der Waals surface area contributed by atoms with Crippen LogP contribution in [-0.4, -0.2) is 32.9 Å². The quantitative estimate of drug-likeness (QED) is 0.258. The van der Waals surface area contributed by atoms with Gasteiger partial charge in [-0.2, -0.15) is 13.2 Å². The lowest BCUT2D eigenvalue weighted by atomic mass is 10.0. The van der Waals surface area contributed by atoms with Gasteiger partial charge in [0.05, 0.1) is 11.1 Å². The number of rotatable bonds is 7. The molecule has 0 atom stereocenters. The molecule has 1 amide bonds. The minimum absolute atomic E-state index is 0.130. The summed E-state index contributed by atoms with van der Waals surface area (Å²) in [7, 11) is 0. The number of benzene rings is 3. The van der Waals surface area contributed by atoms with Crippen LogP contribution in [0.5, 0.6) is 0 Å². The van der Waals surface area contributed by atoms with E-state index in [-0.39, 0.29) is 18.1 Å². The lowest BCUT2D eigenvalue weighted by Crippen LogP contribution is -2.33. The lowest BCUT2D eigenvalue weighted by molar-refractivity contribution is -0.137. The van der Waals surface area contributed by atoms with Gasteiger partial charge in [0.15, 0.2) is 0 Å². The number of hydrogen-bond donors (Lipinski definition) is 1. The molecule has 4 aromatic rings. The number of carbonyl (C=O) groups is 1. The van der Waals surface area contributed by atoms with Gasteiger partial charge in [-0.3, -0.25) is 4.79 Å². The lowest BCUT2D eigenvalue weighted by Gasteiger charge is -2.23. The van der Waals surface area contributed by atoms with Crippen LogP contribution in [0.3, 0.4) is 0 Å². The zero-order valence-electron chi connectivity index (χ0n) is 20.6. The van der Waals surface area contributed by atoms with Gasteiger partial charge in [0, 0.05) is 24.0 Å². The van der Waals surface area contributed by atoms with E-state index >= 15 is 4.39 Å². The summed E-state index contributed by atoms with van der Waals surface area (Å²) in [6, 6.07) is 12.6. The van der Waals surface area contributed by atoms with Crippen LogP contribution >= 0.6 is 0 Å². The van der Waals surface area contributed by atoms with Gasteiger partial charge in [0.25, 0.3) is 5.91 Å². The monoisotopic (exact) mass is 538 g/mol. The van der Waals surface area contributed by atoms with E-state index < -0.39 is 34.8 Å². The summed E-state index contributed by atoms with van der Waals surface area (Å²) >= 11 is 0. The van der Waals surface area contributed by atoms with Gasteiger partial charge in [0.1, 0.15) is 29.3 Å². The minimum atomic E-state index is -4.71. The number of halogens is 5. The van der Waals surface area contributed by atoms with Gasteiger partial charge in [-0.05, 0) is 78.8 Å². The summed E-state index contributed by atoms with van der Waals surface area (Å²) in [6.07, 6.45) is 0.132. The van der Waals surface area contributed by atoms with Crippen molar-refractivity contribution in [3.8, 4) is 11.1 Å². The van der Waals surface area contributed by atoms with Crippen LogP contribution < -0.4 is 5.32 Å². The van der Waals surface area contributed by atoms with E-state index in [1.807, 2.05) is 18.2 Å². The molecule has 5 nitrogen and oxygen atoms in total. The first kappa shape index (κ1) is 25.2. The highest BCUT2D eigenvalue weighted by Gasteiger charge is 2.36. The fourth-order valence-corrected chi connectivity index (χ4v) is 4.65. The molecule has 2 saturated carbocycles. The van der Waals surface area contributed by atoms with Crippen molar-refractivity contribution in [3.05, 3.63) is 89.2 Å². The van der Waals surface area contributed by atoms with Gasteiger partial charge in [0.2, 0.25) is 0 Å². The van der Waals surface area contributed by atoms with Crippen LogP contribution in [-0.2, 0) is 12.7 Å². The van der Waals surface area contributed by atoms with Crippen LogP contribution in [0.1, 0.15) is 47.2 Å². The van der Waals surface area contributed by atoms with E-state index in [1.54, 1.807) is 12.1 Å². The highest BCUT2D eigenvalue weighted by Crippen LogP contribution is 2.35. The Morgan fingerprint density at radius 1 is 0.923 bits per heavy atom. The Hall–Kier alpha value is -4.08. The third-order valence-corrected chi connectivity index (χ3v) is 7.00. The van der Waals surface area contributed by atoms with Crippen LogP contribution in [0, 0.1) is 11.6 Å². The summed E-state index contributed by atoms with van der Waals surface area (Å²) in [5.74, 6) is -1.79.